The van der Waals surface area contributed by atoms with E-state index in [-0.39, 0.29) is 11.8 Å². The Hall–Kier alpha value is -2.28. The summed E-state index contributed by atoms with van der Waals surface area (Å²) in [4.78, 5) is 26.3. The Bertz CT molecular complexity index is 572. The van der Waals surface area contributed by atoms with E-state index in [4.69, 9.17) is 6.42 Å². The SMILES string of the molecule is C#CC(C)(C)N1C(=O)C(C)NC(=O)C1c1ccccc1. The summed E-state index contributed by atoms with van der Waals surface area (Å²) >= 11 is 0. The first-order chi connectivity index (χ1) is 9.38. The van der Waals surface area contributed by atoms with Crippen molar-refractivity contribution >= 4 is 11.8 Å². The Morgan fingerprint density at radius 2 is 1.85 bits per heavy atom. The van der Waals surface area contributed by atoms with E-state index in [0.717, 1.165) is 5.56 Å². The summed E-state index contributed by atoms with van der Waals surface area (Å²) in [6.45, 7) is 5.21. The highest BCUT2D eigenvalue weighted by molar-refractivity contribution is 5.98. The molecule has 0 spiro atoms. The van der Waals surface area contributed by atoms with Gasteiger partial charge in [-0.3, -0.25) is 9.59 Å². The molecule has 0 bridgehead atoms. The largest absolute Gasteiger partial charge is 0.342 e. The number of hydrogen-bond acceptors (Lipinski definition) is 2. The monoisotopic (exact) mass is 270 g/mol. The number of carbonyl (C=O) groups is 2. The number of benzene rings is 1. The minimum absolute atomic E-state index is 0.165. The highest BCUT2D eigenvalue weighted by Crippen LogP contribution is 2.31. The maximum Gasteiger partial charge on any atom is 0.248 e. The van der Waals surface area contributed by atoms with E-state index in [9.17, 15) is 9.59 Å². The van der Waals surface area contributed by atoms with Crippen molar-refractivity contribution in [2.45, 2.75) is 38.4 Å². The predicted molar refractivity (Wildman–Crippen MR) is 76.5 cm³/mol. The van der Waals surface area contributed by atoms with Crippen molar-refractivity contribution in [3.05, 3.63) is 35.9 Å². The molecule has 1 aliphatic heterocycles. The first kappa shape index (κ1) is 14.1. The minimum Gasteiger partial charge on any atom is -0.342 e. The van der Waals surface area contributed by atoms with Crippen LogP contribution in [0.5, 0.6) is 0 Å². The second-order valence-corrected chi connectivity index (χ2v) is 5.46. The molecule has 20 heavy (non-hydrogen) atoms. The number of amides is 2. The molecule has 2 amide bonds. The molecule has 4 nitrogen and oxygen atoms in total. The Balaban J connectivity index is 2.53. The van der Waals surface area contributed by atoms with Gasteiger partial charge in [-0.15, -0.1) is 6.42 Å². The molecule has 0 saturated carbocycles. The van der Waals surface area contributed by atoms with Gasteiger partial charge in [-0.25, -0.2) is 0 Å². The van der Waals surface area contributed by atoms with Gasteiger partial charge in [0.05, 0.1) is 5.54 Å². The zero-order chi connectivity index (χ0) is 14.9. The van der Waals surface area contributed by atoms with Crippen LogP contribution < -0.4 is 5.32 Å². The molecular formula is C16H18N2O2. The van der Waals surface area contributed by atoms with Gasteiger partial charge in [0.15, 0.2) is 0 Å². The summed E-state index contributed by atoms with van der Waals surface area (Å²) in [6.07, 6.45) is 5.55. The number of terminal acetylenes is 1. The Morgan fingerprint density at radius 1 is 1.25 bits per heavy atom. The lowest BCUT2D eigenvalue weighted by molar-refractivity contribution is -0.153. The fourth-order valence-electron chi connectivity index (χ4n) is 2.41. The van der Waals surface area contributed by atoms with Crippen molar-refractivity contribution in [1.82, 2.24) is 10.2 Å². The highest BCUT2D eigenvalue weighted by atomic mass is 16.2. The van der Waals surface area contributed by atoms with E-state index in [1.54, 1.807) is 20.8 Å². The van der Waals surface area contributed by atoms with Crippen LogP contribution in [0.2, 0.25) is 0 Å². The normalized spacial score (nSPS) is 23.2. The van der Waals surface area contributed by atoms with Crippen molar-refractivity contribution in [3.8, 4) is 12.3 Å². The standard InChI is InChI=1S/C16H18N2O2/c1-5-16(3,4)18-13(12-9-7-6-8-10-12)14(19)17-11(2)15(18)20/h1,6-11,13H,2-4H3,(H,17,19). The molecule has 0 aliphatic carbocycles. The van der Waals surface area contributed by atoms with Gasteiger partial charge in [0, 0.05) is 0 Å². The van der Waals surface area contributed by atoms with E-state index in [1.807, 2.05) is 30.3 Å². The molecule has 104 valence electrons. The zero-order valence-electron chi connectivity index (χ0n) is 11.9. The van der Waals surface area contributed by atoms with Crippen LogP contribution in [0.3, 0.4) is 0 Å². The average molecular weight is 270 g/mol. The fraction of sp³-hybridized carbons (Fsp3) is 0.375. The van der Waals surface area contributed by atoms with Crippen molar-refractivity contribution in [2.24, 2.45) is 0 Å². The molecule has 0 radical (unpaired) electrons. The van der Waals surface area contributed by atoms with Gasteiger partial charge in [0.2, 0.25) is 11.8 Å². The molecule has 1 aromatic carbocycles. The number of hydrogen-bond donors (Lipinski definition) is 1. The van der Waals surface area contributed by atoms with Crippen LogP contribution in [0.4, 0.5) is 0 Å². The summed E-state index contributed by atoms with van der Waals surface area (Å²) in [7, 11) is 0. The van der Waals surface area contributed by atoms with Crippen LogP contribution in [0, 0.1) is 12.3 Å². The van der Waals surface area contributed by atoms with Crippen LogP contribution in [0.1, 0.15) is 32.4 Å². The van der Waals surface area contributed by atoms with Gasteiger partial charge in [-0.2, -0.15) is 0 Å². The van der Waals surface area contributed by atoms with E-state index < -0.39 is 17.6 Å². The molecule has 2 atom stereocenters. The van der Waals surface area contributed by atoms with Gasteiger partial charge < -0.3 is 10.2 Å². The lowest BCUT2D eigenvalue weighted by Crippen LogP contribution is -2.63. The lowest BCUT2D eigenvalue weighted by Gasteiger charge is -2.45. The number of carbonyl (C=O) groups excluding carboxylic acids is 2. The summed E-state index contributed by atoms with van der Waals surface area (Å²) in [5.41, 5.74) is -0.0718. The fourth-order valence-corrected chi connectivity index (χ4v) is 2.41. The third-order valence-corrected chi connectivity index (χ3v) is 3.54. The third-order valence-electron chi connectivity index (χ3n) is 3.54. The van der Waals surface area contributed by atoms with Crippen LogP contribution in [-0.4, -0.2) is 28.3 Å². The van der Waals surface area contributed by atoms with Crippen molar-refractivity contribution < 1.29 is 9.59 Å². The molecular weight excluding hydrogens is 252 g/mol. The summed E-state index contributed by atoms with van der Waals surface area (Å²) in [6, 6.07) is 7.95. The molecule has 1 N–H and O–H groups in total. The van der Waals surface area contributed by atoms with E-state index >= 15 is 0 Å². The maximum atomic E-state index is 12.5. The first-order valence-electron chi connectivity index (χ1n) is 6.55. The quantitative estimate of drug-likeness (QED) is 0.828. The molecule has 2 rings (SSSR count). The van der Waals surface area contributed by atoms with E-state index in [0.29, 0.717) is 0 Å². The van der Waals surface area contributed by atoms with E-state index in [1.165, 1.54) is 4.90 Å². The van der Waals surface area contributed by atoms with Crippen molar-refractivity contribution in [3.63, 3.8) is 0 Å². The average Bonchev–Trinajstić information content (AvgIpc) is 2.43. The summed E-state index contributed by atoms with van der Waals surface area (Å²) in [5, 5.41) is 2.71. The van der Waals surface area contributed by atoms with Crippen LogP contribution in [0.15, 0.2) is 30.3 Å². The highest BCUT2D eigenvalue weighted by Gasteiger charge is 2.45. The van der Waals surface area contributed by atoms with Gasteiger partial charge in [-0.05, 0) is 26.3 Å². The molecule has 1 heterocycles. The Labute approximate surface area is 119 Å². The smallest absolute Gasteiger partial charge is 0.248 e. The topological polar surface area (TPSA) is 49.4 Å². The van der Waals surface area contributed by atoms with Crippen LogP contribution >= 0.6 is 0 Å². The van der Waals surface area contributed by atoms with Gasteiger partial charge in [0.25, 0.3) is 0 Å². The minimum atomic E-state index is -0.830. The Kier molecular flexibility index (Phi) is 3.54. The summed E-state index contributed by atoms with van der Waals surface area (Å²) < 4.78 is 0. The predicted octanol–water partition coefficient (Wildman–Crippen LogP) is 1.49. The number of nitrogens with zero attached hydrogens (tertiary/aromatic N) is 1. The molecule has 1 saturated heterocycles. The molecule has 1 aromatic rings. The summed E-state index contributed by atoms with van der Waals surface area (Å²) in [5.74, 6) is 2.24. The molecule has 1 fully saturated rings. The lowest BCUT2D eigenvalue weighted by atomic mass is 9.92. The number of nitrogens with one attached hydrogen (secondary N) is 1. The maximum absolute atomic E-state index is 12.5. The number of rotatable bonds is 2. The van der Waals surface area contributed by atoms with Crippen LogP contribution in [0.25, 0.3) is 0 Å². The third kappa shape index (κ3) is 2.27. The van der Waals surface area contributed by atoms with Gasteiger partial charge in [0.1, 0.15) is 12.1 Å². The second-order valence-electron chi connectivity index (χ2n) is 5.46. The van der Waals surface area contributed by atoms with Gasteiger partial charge >= 0.3 is 0 Å². The van der Waals surface area contributed by atoms with Crippen molar-refractivity contribution in [2.75, 3.05) is 0 Å². The molecule has 0 aromatic heterocycles. The molecule has 1 aliphatic rings. The Morgan fingerprint density at radius 3 is 2.40 bits per heavy atom. The molecule has 4 heteroatoms. The van der Waals surface area contributed by atoms with Crippen LogP contribution in [-0.2, 0) is 9.59 Å². The van der Waals surface area contributed by atoms with Crippen molar-refractivity contribution in [1.29, 1.82) is 0 Å². The van der Waals surface area contributed by atoms with E-state index in [2.05, 4.69) is 11.2 Å². The zero-order valence-corrected chi connectivity index (χ0v) is 11.9. The first-order valence-corrected chi connectivity index (χ1v) is 6.55. The number of piperazine rings is 1. The second kappa shape index (κ2) is 5.01. The van der Waals surface area contributed by atoms with Gasteiger partial charge in [-0.1, -0.05) is 36.3 Å². The molecule has 2 unspecified atom stereocenters.